The molecule has 0 radical (unpaired) electrons. The van der Waals surface area contributed by atoms with Crippen molar-refractivity contribution >= 4 is 5.97 Å². The fourth-order valence-electron chi connectivity index (χ4n) is 1.28. The largest absolute Gasteiger partial charge is 0.463 e. The van der Waals surface area contributed by atoms with Crippen LogP contribution in [0.2, 0.25) is 0 Å². The van der Waals surface area contributed by atoms with Crippen LogP contribution in [-0.2, 0) is 9.53 Å². The summed E-state index contributed by atoms with van der Waals surface area (Å²) in [5, 5.41) is 9.24. The van der Waals surface area contributed by atoms with Crippen LogP contribution >= 0.6 is 0 Å². The van der Waals surface area contributed by atoms with Crippen molar-refractivity contribution in [2.75, 3.05) is 6.61 Å². The van der Waals surface area contributed by atoms with Gasteiger partial charge in [0.2, 0.25) is 0 Å². The fourth-order valence-corrected chi connectivity index (χ4v) is 1.28. The van der Waals surface area contributed by atoms with Crippen molar-refractivity contribution in [2.45, 2.75) is 32.3 Å². The van der Waals surface area contributed by atoms with E-state index < -0.39 is 6.10 Å². The Kier molecular flexibility index (Phi) is 2.88. The lowest BCUT2D eigenvalue weighted by Gasteiger charge is -2.07. The molecule has 2 atom stereocenters. The normalized spacial score (nSPS) is 30.5. The molecule has 1 heterocycles. The molecule has 2 unspecified atom stereocenters. The number of hydrogen-bond donors (Lipinski definition) is 1. The van der Waals surface area contributed by atoms with Gasteiger partial charge in [0.25, 0.3) is 0 Å². The average Bonchev–Trinajstić information content (AvgIpc) is 2.29. The third-order valence-corrected chi connectivity index (χ3v) is 2.03. The predicted octanol–water partition coefficient (Wildman–Crippen LogP) is 0.710. The molecule has 11 heavy (non-hydrogen) atoms. The molecular weight excluding hydrogens is 144 g/mol. The van der Waals surface area contributed by atoms with E-state index in [-0.39, 0.29) is 18.5 Å². The van der Waals surface area contributed by atoms with E-state index in [1.807, 2.05) is 0 Å². The van der Waals surface area contributed by atoms with E-state index in [0.717, 1.165) is 19.3 Å². The molecule has 0 aliphatic carbocycles. The highest BCUT2D eigenvalue weighted by atomic mass is 16.6. The van der Waals surface area contributed by atoms with Crippen LogP contribution in [0.15, 0.2) is 0 Å². The number of aliphatic hydroxyl groups excluding tert-OH is 1. The number of cyclic esters (lactones) is 1. The van der Waals surface area contributed by atoms with Gasteiger partial charge in [-0.3, -0.25) is 4.79 Å². The number of hydrogen-bond acceptors (Lipinski definition) is 3. The van der Waals surface area contributed by atoms with Crippen LogP contribution in [0.1, 0.15) is 26.2 Å². The van der Waals surface area contributed by atoms with Crippen molar-refractivity contribution in [3.05, 3.63) is 0 Å². The minimum atomic E-state index is -0.561. The minimum absolute atomic E-state index is 0.188. The number of aliphatic hydroxyl groups is 1. The van der Waals surface area contributed by atoms with E-state index in [1.54, 1.807) is 0 Å². The third kappa shape index (κ3) is 1.93. The third-order valence-electron chi connectivity index (χ3n) is 2.03. The van der Waals surface area contributed by atoms with Gasteiger partial charge >= 0.3 is 5.97 Å². The highest BCUT2D eigenvalue weighted by Crippen LogP contribution is 2.20. The lowest BCUT2D eigenvalue weighted by Crippen LogP contribution is -2.20. The molecule has 0 aromatic rings. The molecule has 3 heteroatoms. The Morgan fingerprint density at radius 1 is 1.73 bits per heavy atom. The number of carbonyl (C=O) groups is 1. The lowest BCUT2D eigenvalue weighted by molar-refractivity contribution is -0.141. The van der Waals surface area contributed by atoms with E-state index in [1.165, 1.54) is 0 Å². The number of carbonyl (C=O) groups excluding carboxylic acids is 1. The zero-order chi connectivity index (χ0) is 8.27. The van der Waals surface area contributed by atoms with Gasteiger partial charge in [-0.2, -0.15) is 0 Å². The summed E-state index contributed by atoms with van der Waals surface area (Å²) < 4.78 is 4.69. The van der Waals surface area contributed by atoms with Crippen LogP contribution in [-0.4, -0.2) is 23.8 Å². The Morgan fingerprint density at radius 2 is 2.45 bits per heavy atom. The molecule has 1 fully saturated rings. The van der Waals surface area contributed by atoms with Crippen molar-refractivity contribution in [2.24, 2.45) is 5.92 Å². The van der Waals surface area contributed by atoms with E-state index in [2.05, 4.69) is 11.7 Å². The molecule has 1 rings (SSSR count). The first-order chi connectivity index (χ1) is 5.25. The van der Waals surface area contributed by atoms with Crippen molar-refractivity contribution in [1.82, 2.24) is 0 Å². The molecular formula is C8H14O3. The van der Waals surface area contributed by atoms with Crippen LogP contribution in [0.25, 0.3) is 0 Å². The Balaban J connectivity index is 2.35. The van der Waals surface area contributed by atoms with Crippen LogP contribution in [0.3, 0.4) is 0 Å². The molecule has 1 saturated heterocycles. The topological polar surface area (TPSA) is 46.5 Å². The standard InChI is InChI=1S/C8H14O3/c1-2-3-4-6-7(9)5-11-8(6)10/h6-7,9H,2-5H2,1H3. The van der Waals surface area contributed by atoms with Gasteiger partial charge in [0.1, 0.15) is 12.7 Å². The second-order valence-electron chi connectivity index (χ2n) is 2.95. The van der Waals surface area contributed by atoms with Gasteiger partial charge < -0.3 is 9.84 Å². The first-order valence-corrected chi connectivity index (χ1v) is 4.10. The van der Waals surface area contributed by atoms with Gasteiger partial charge in [-0.1, -0.05) is 19.8 Å². The van der Waals surface area contributed by atoms with Crippen molar-refractivity contribution in [1.29, 1.82) is 0 Å². The smallest absolute Gasteiger partial charge is 0.311 e. The molecule has 0 bridgehead atoms. The summed E-state index contributed by atoms with van der Waals surface area (Å²) in [5.74, 6) is -0.485. The van der Waals surface area contributed by atoms with Gasteiger partial charge in [-0.25, -0.2) is 0 Å². The monoisotopic (exact) mass is 158 g/mol. The summed E-state index contributed by atoms with van der Waals surface area (Å²) in [4.78, 5) is 10.9. The summed E-state index contributed by atoms with van der Waals surface area (Å²) in [6.45, 7) is 2.25. The van der Waals surface area contributed by atoms with Gasteiger partial charge in [0, 0.05) is 0 Å². The molecule has 1 aliphatic heterocycles. The second kappa shape index (κ2) is 3.72. The summed E-state index contributed by atoms with van der Waals surface area (Å²) in [6, 6.07) is 0. The first kappa shape index (κ1) is 8.53. The lowest BCUT2D eigenvalue weighted by atomic mass is 9.99. The molecule has 1 N–H and O–H groups in total. The summed E-state index contributed by atoms with van der Waals surface area (Å²) in [5.41, 5.74) is 0. The van der Waals surface area contributed by atoms with Crippen LogP contribution in [0, 0.1) is 5.92 Å². The zero-order valence-electron chi connectivity index (χ0n) is 6.75. The highest BCUT2D eigenvalue weighted by Gasteiger charge is 2.34. The molecule has 0 saturated carbocycles. The van der Waals surface area contributed by atoms with Gasteiger partial charge in [-0.05, 0) is 6.42 Å². The summed E-state index contributed by atoms with van der Waals surface area (Å²) in [7, 11) is 0. The summed E-state index contributed by atoms with van der Waals surface area (Å²) >= 11 is 0. The Bertz CT molecular complexity index is 144. The van der Waals surface area contributed by atoms with Crippen molar-refractivity contribution < 1.29 is 14.6 Å². The second-order valence-corrected chi connectivity index (χ2v) is 2.95. The minimum Gasteiger partial charge on any atom is -0.463 e. The SMILES string of the molecule is CCCCC1C(=O)OCC1O. The van der Waals surface area contributed by atoms with Crippen molar-refractivity contribution in [3.63, 3.8) is 0 Å². The van der Waals surface area contributed by atoms with E-state index in [9.17, 15) is 9.90 Å². The van der Waals surface area contributed by atoms with Crippen molar-refractivity contribution in [3.8, 4) is 0 Å². The van der Waals surface area contributed by atoms with E-state index >= 15 is 0 Å². The molecule has 3 nitrogen and oxygen atoms in total. The molecule has 64 valence electrons. The maximum atomic E-state index is 10.9. The Morgan fingerprint density at radius 3 is 2.91 bits per heavy atom. The van der Waals surface area contributed by atoms with Crippen LogP contribution < -0.4 is 0 Å². The maximum Gasteiger partial charge on any atom is 0.311 e. The quantitative estimate of drug-likeness (QED) is 0.615. The molecule has 1 aliphatic rings. The number of ether oxygens (including phenoxy) is 1. The molecule has 0 aromatic carbocycles. The first-order valence-electron chi connectivity index (χ1n) is 4.10. The summed E-state index contributed by atoms with van der Waals surface area (Å²) in [6.07, 6.45) is 2.23. The number of unbranched alkanes of at least 4 members (excludes halogenated alkanes) is 1. The molecule has 0 spiro atoms. The zero-order valence-corrected chi connectivity index (χ0v) is 6.75. The van der Waals surface area contributed by atoms with Gasteiger partial charge in [0.15, 0.2) is 0 Å². The number of rotatable bonds is 3. The van der Waals surface area contributed by atoms with E-state index in [0.29, 0.717) is 0 Å². The number of esters is 1. The molecule has 0 aromatic heterocycles. The van der Waals surface area contributed by atoms with Crippen LogP contribution in [0.5, 0.6) is 0 Å². The highest BCUT2D eigenvalue weighted by molar-refractivity contribution is 5.75. The predicted molar refractivity (Wildman–Crippen MR) is 40.0 cm³/mol. The van der Waals surface area contributed by atoms with Crippen LogP contribution in [0.4, 0.5) is 0 Å². The Labute approximate surface area is 66.4 Å². The van der Waals surface area contributed by atoms with Gasteiger partial charge in [-0.15, -0.1) is 0 Å². The maximum absolute atomic E-state index is 10.9. The molecule has 0 amide bonds. The van der Waals surface area contributed by atoms with E-state index in [4.69, 9.17) is 0 Å². The average molecular weight is 158 g/mol. The van der Waals surface area contributed by atoms with Gasteiger partial charge in [0.05, 0.1) is 5.92 Å². The fraction of sp³-hybridized carbons (Fsp3) is 0.875. The Hall–Kier alpha value is -0.570.